The van der Waals surface area contributed by atoms with Crippen LogP contribution < -0.4 is 10.6 Å². The third-order valence-corrected chi connectivity index (χ3v) is 3.06. The number of carbonyl (C=O) groups is 1. The van der Waals surface area contributed by atoms with E-state index < -0.39 is 11.9 Å². The summed E-state index contributed by atoms with van der Waals surface area (Å²) >= 11 is 0. The van der Waals surface area contributed by atoms with E-state index in [2.05, 4.69) is 30.6 Å². The van der Waals surface area contributed by atoms with Gasteiger partial charge in [0, 0.05) is 30.4 Å². The first-order chi connectivity index (χ1) is 11.6. The van der Waals surface area contributed by atoms with Crippen molar-refractivity contribution >= 4 is 17.7 Å². The second-order valence-corrected chi connectivity index (χ2v) is 4.97. The Kier molecular flexibility index (Phi) is 6.50. The number of hydrogen-bond donors (Lipinski definition) is 3. The van der Waals surface area contributed by atoms with Crippen molar-refractivity contribution in [3.05, 3.63) is 35.4 Å². The van der Waals surface area contributed by atoms with Crippen molar-refractivity contribution in [1.82, 2.24) is 20.5 Å². The molecular formula is C15H20FN5O3. The fraction of sp³-hybridized carbons (Fsp3) is 0.400. The molecule has 8 nitrogen and oxygen atoms in total. The van der Waals surface area contributed by atoms with Crippen LogP contribution in [-0.2, 0) is 15.9 Å². The van der Waals surface area contributed by atoms with Crippen LogP contribution >= 0.6 is 0 Å². The Bertz CT molecular complexity index is 677. The maximum atomic E-state index is 13.8. The Labute approximate surface area is 138 Å². The number of ether oxygens (including phenoxy) is 2. The first-order valence-corrected chi connectivity index (χ1v) is 7.42. The van der Waals surface area contributed by atoms with Crippen LogP contribution in [0, 0.1) is 12.7 Å². The van der Waals surface area contributed by atoms with Crippen molar-refractivity contribution in [2.24, 2.45) is 0 Å². The van der Waals surface area contributed by atoms with E-state index in [0.29, 0.717) is 37.7 Å². The zero-order chi connectivity index (χ0) is 17.4. The highest BCUT2D eigenvalue weighted by atomic mass is 19.1. The van der Waals surface area contributed by atoms with Crippen molar-refractivity contribution in [2.45, 2.75) is 13.3 Å². The predicted molar refractivity (Wildman–Crippen MR) is 85.7 cm³/mol. The molecule has 0 atom stereocenters. The van der Waals surface area contributed by atoms with Crippen LogP contribution in [0.25, 0.3) is 0 Å². The lowest BCUT2D eigenvalue weighted by Gasteiger charge is -2.08. The molecule has 2 aromatic rings. The lowest BCUT2D eigenvalue weighted by molar-refractivity contribution is 0.131. The van der Waals surface area contributed by atoms with Gasteiger partial charge < -0.3 is 20.1 Å². The Balaban J connectivity index is 1.79. The van der Waals surface area contributed by atoms with Gasteiger partial charge in [0.25, 0.3) is 0 Å². The quantitative estimate of drug-likeness (QED) is 0.636. The normalized spacial score (nSPS) is 10.5. The van der Waals surface area contributed by atoms with Gasteiger partial charge in [-0.15, -0.1) is 0 Å². The fourth-order valence-corrected chi connectivity index (χ4v) is 1.89. The molecule has 0 aromatic carbocycles. The van der Waals surface area contributed by atoms with E-state index in [9.17, 15) is 9.18 Å². The van der Waals surface area contributed by atoms with Crippen LogP contribution in [0.3, 0.4) is 0 Å². The lowest BCUT2D eigenvalue weighted by atomic mass is 10.2. The number of aryl methyl sites for hydroxylation is 1. The summed E-state index contributed by atoms with van der Waals surface area (Å²) in [6.07, 6.45) is 0.0235. The monoisotopic (exact) mass is 337 g/mol. The Morgan fingerprint density at radius 3 is 2.92 bits per heavy atom. The van der Waals surface area contributed by atoms with Crippen LogP contribution in [0.1, 0.15) is 11.4 Å². The largest absolute Gasteiger partial charge is 0.453 e. The van der Waals surface area contributed by atoms with Gasteiger partial charge in [-0.1, -0.05) is 0 Å². The number of aromatic nitrogens is 3. The van der Waals surface area contributed by atoms with Gasteiger partial charge >= 0.3 is 6.09 Å². The SMILES string of the molecule is COC(=O)NCCOCCc1ccc(F)c(Nc2cc(C)[nH]n2)n1. The van der Waals surface area contributed by atoms with Crippen molar-refractivity contribution in [3.8, 4) is 0 Å². The molecule has 0 aliphatic carbocycles. The number of rotatable bonds is 8. The van der Waals surface area contributed by atoms with E-state index in [4.69, 9.17) is 4.74 Å². The number of methoxy groups -OCH3 is 1. The number of halogens is 1. The van der Waals surface area contributed by atoms with Gasteiger partial charge in [-0.05, 0) is 19.1 Å². The molecule has 2 rings (SSSR count). The number of nitrogens with one attached hydrogen (secondary N) is 3. The molecule has 9 heteroatoms. The highest BCUT2D eigenvalue weighted by Crippen LogP contribution is 2.17. The minimum absolute atomic E-state index is 0.117. The van der Waals surface area contributed by atoms with Crippen LogP contribution in [-0.4, -0.2) is 48.1 Å². The Hall–Kier alpha value is -2.68. The van der Waals surface area contributed by atoms with Gasteiger partial charge in [0.2, 0.25) is 0 Å². The van der Waals surface area contributed by atoms with E-state index in [1.807, 2.05) is 6.92 Å². The van der Waals surface area contributed by atoms with Gasteiger partial charge in [-0.2, -0.15) is 5.10 Å². The zero-order valence-electron chi connectivity index (χ0n) is 13.6. The van der Waals surface area contributed by atoms with Gasteiger partial charge in [0.15, 0.2) is 17.5 Å². The van der Waals surface area contributed by atoms with E-state index in [0.717, 1.165) is 5.69 Å². The standard InChI is InChI=1S/C15H20FN5O3/c1-10-9-13(21-20-10)19-14-12(16)4-3-11(18-14)5-7-24-8-6-17-15(22)23-2/h3-4,9H,5-8H2,1-2H3,(H,17,22)(H2,18,19,20,21). The molecule has 0 saturated carbocycles. The molecule has 24 heavy (non-hydrogen) atoms. The van der Waals surface area contributed by atoms with Crippen molar-refractivity contribution in [1.29, 1.82) is 0 Å². The molecule has 0 unspecified atom stereocenters. The molecular weight excluding hydrogens is 317 g/mol. The van der Waals surface area contributed by atoms with Crippen LogP contribution in [0.15, 0.2) is 18.2 Å². The first kappa shape index (κ1) is 17.7. The summed E-state index contributed by atoms with van der Waals surface area (Å²) in [5.41, 5.74) is 1.55. The van der Waals surface area contributed by atoms with Crippen LogP contribution in [0.4, 0.5) is 20.8 Å². The summed E-state index contributed by atoms with van der Waals surface area (Å²) < 4.78 is 23.6. The van der Waals surface area contributed by atoms with E-state index >= 15 is 0 Å². The Morgan fingerprint density at radius 2 is 2.21 bits per heavy atom. The van der Waals surface area contributed by atoms with Crippen LogP contribution in [0.5, 0.6) is 0 Å². The Morgan fingerprint density at radius 1 is 1.38 bits per heavy atom. The van der Waals surface area contributed by atoms with E-state index in [1.54, 1.807) is 12.1 Å². The molecule has 1 amide bonds. The summed E-state index contributed by atoms with van der Waals surface area (Å²) in [5.74, 6) is 0.162. The first-order valence-electron chi connectivity index (χ1n) is 7.42. The summed E-state index contributed by atoms with van der Waals surface area (Å²) in [7, 11) is 1.30. The summed E-state index contributed by atoms with van der Waals surface area (Å²) in [6.45, 7) is 2.97. The maximum absolute atomic E-state index is 13.8. The molecule has 0 saturated heterocycles. The summed E-state index contributed by atoms with van der Waals surface area (Å²) in [6, 6.07) is 4.71. The van der Waals surface area contributed by atoms with Crippen molar-refractivity contribution in [3.63, 3.8) is 0 Å². The number of amides is 1. The molecule has 0 fully saturated rings. The fourth-order valence-electron chi connectivity index (χ4n) is 1.89. The van der Waals surface area contributed by atoms with Gasteiger partial charge in [0.1, 0.15) is 0 Å². The van der Waals surface area contributed by atoms with Crippen molar-refractivity contribution in [2.75, 3.05) is 32.2 Å². The van der Waals surface area contributed by atoms with Gasteiger partial charge in [-0.3, -0.25) is 5.10 Å². The average Bonchev–Trinajstić information content (AvgIpc) is 2.98. The molecule has 2 heterocycles. The molecule has 0 aliphatic rings. The highest BCUT2D eigenvalue weighted by Gasteiger charge is 2.08. The second kappa shape index (κ2) is 8.82. The topological polar surface area (TPSA) is 101 Å². The molecule has 0 radical (unpaired) electrons. The third kappa shape index (κ3) is 5.51. The summed E-state index contributed by atoms with van der Waals surface area (Å²) in [5, 5.41) is 12.1. The molecule has 0 spiro atoms. The number of pyridine rings is 1. The molecule has 0 bridgehead atoms. The zero-order valence-corrected chi connectivity index (χ0v) is 13.6. The van der Waals surface area contributed by atoms with Gasteiger partial charge in [-0.25, -0.2) is 14.2 Å². The van der Waals surface area contributed by atoms with E-state index in [1.165, 1.54) is 13.2 Å². The maximum Gasteiger partial charge on any atom is 0.406 e. The summed E-state index contributed by atoms with van der Waals surface area (Å²) in [4.78, 5) is 15.1. The number of alkyl carbamates (subject to hydrolysis) is 1. The average molecular weight is 337 g/mol. The molecule has 3 N–H and O–H groups in total. The second-order valence-electron chi connectivity index (χ2n) is 4.97. The lowest BCUT2D eigenvalue weighted by Crippen LogP contribution is -2.27. The predicted octanol–water partition coefficient (Wildman–Crippen LogP) is 1.91. The number of aromatic amines is 1. The third-order valence-electron chi connectivity index (χ3n) is 3.06. The number of nitrogens with zero attached hydrogens (tertiary/aromatic N) is 2. The minimum Gasteiger partial charge on any atom is -0.453 e. The number of anilines is 2. The number of carbonyl (C=O) groups excluding carboxylic acids is 1. The number of H-pyrrole nitrogens is 1. The van der Waals surface area contributed by atoms with E-state index in [-0.39, 0.29) is 5.82 Å². The molecule has 2 aromatic heterocycles. The number of hydrogen-bond acceptors (Lipinski definition) is 6. The minimum atomic E-state index is -0.497. The van der Waals surface area contributed by atoms with Gasteiger partial charge in [0.05, 0.1) is 20.3 Å². The van der Waals surface area contributed by atoms with Crippen molar-refractivity contribution < 1.29 is 18.7 Å². The smallest absolute Gasteiger partial charge is 0.406 e. The highest BCUT2D eigenvalue weighted by molar-refractivity contribution is 5.66. The molecule has 0 aliphatic heterocycles. The molecule has 130 valence electrons. The van der Waals surface area contributed by atoms with Crippen LogP contribution in [0.2, 0.25) is 0 Å².